The summed E-state index contributed by atoms with van der Waals surface area (Å²) < 4.78 is 10.1. The standard InChI is InChI=1S/C15H22N2O4/c1-11(10-20-2)16-14(18)12-5-3-7-17(9-12)15(19)13-6-4-8-21-13/h4,6,8,11-12H,3,5,7,9-10H2,1-2H3,(H,16,18). The van der Waals surface area contributed by atoms with Gasteiger partial charge in [-0.05, 0) is 31.9 Å². The second-order valence-electron chi connectivity index (χ2n) is 5.43. The van der Waals surface area contributed by atoms with Gasteiger partial charge < -0.3 is 19.4 Å². The molecule has 2 heterocycles. The number of ether oxygens (including phenoxy) is 1. The highest BCUT2D eigenvalue weighted by molar-refractivity contribution is 5.92. The van der Waals surface area contributed by atoms with Gasteiger partial charge >= 0.3 is 0 Å². The summed E-state index contributed by atoms with van der Waals surface area (Å²) in [5.41, 5.74) is 0. The number of rotatable bonds is 5. The van der Waals surface area contributed by atoms with E-state index in [9.17, 15) is 9.59 Å². The predicted molar refractivity (Wildman–Crippen MR) is 76.8 cm³/mol. The zero-order chi connectivity index (χ0) is 15.2. The summed E-state index contributed by atoms with van der Waals surface area (Å²) >= 11 is 0. The van der Waals surface area contributed by atoms with Gasteiger partial charge in [0.25, 0.3) is 5.91 Å². The van der Waals surface area contributed by atoms with E-state index in [4.69, 9.17) is 9.15 Å². The molecule has 1 aromatic heterocycles. The molecule has 1 N–H and O–H groups in total. The van der Waals surface area contributed by atoms with E-state index in [0.29, 0.717) is 25.5 Å². The van der Waals surface area contributed by atoms with Crippen LogP contribution >= 0.6 is 0 Å². The van der Waals surface area contributed by atoms with Gasteiger partial charge in [-0.2, -0.15) is 0 Å². The van der Waals surface area contributed by atoms with Crippen molar-refractivity contribution < 1.29 is 18.7 Å². The molecule has 0 saturated carbocycles. The molecule has 0 bridgehead atoms. The molecule has 1 saturated heterocycles. The van der Waals surface area contributed by atoms with Crippen LogP contribution in [0.2, 0.25) is 0 Å². The van der Waals surface area contributed by atoms with Crippen molar-refractivity contribution >= 4 is 11.8 Å². The smallest absolute Gasteiger partial charge is 0.289 e. The highest BCUT2D eigenvalue weighted by Crippen LogP contribution is 2.19. The van der Waals surface area contributed by atoms with Gasteiger partial charge in [-0.25, -0.2) is 0 Å². The molecule has 6 nitrogen and oxygen atoms in total. The van der Waals surface area contributed by atoms with Crippen molar-refractivity contribution in [3.8, 4) is 0 Å². The first-order valence-electron chi connectivity index (χ1n) is 7.24. The largest absolute Gasteiger partial charge is 0.459 e. The van der Waals surface area contributed by atoms with Crippen molar-refractivity contribution in [1.29, 1.82) is 0 Å². The number of nitrogens with zero attached hydrogens (tertiary/aromatic N) is 1. The second kappa shape index (κ2) is 7.26. The molecule has 1 aliphatic rings. The molecule has 1 fully saturated rings. The fourth-order valence-electron chi connectivity index (χ4n) is 2.58. The summed E-state index contributed by atoms with van der Waals surface area (Å²) in [7, 11) is 1.60. The first-order valence-corrected chi connectivity index (χ1v) is 7.24. The number of nitrogens with one attached hydrogen (secondary N) is 1. The monoisotopic (exact) mass is 294 g/mol. The van der Waals surface area contributed by atoms with Gasteiger partial charge in [-0.1, -0.05) is 0 Å². The molecule has 6 heteroatoms. The topological polar surface area (TPSA) is 71.8 Å². The number of likely N-dealkylation sites (tertiary alicyclic amines) is 1. The van der Waals surface area contributed by atoms with Gasteiger partial charge in [0.05, 0.1) is 18.8 Å². The van der Waals surface area contributed by atoms with Crippen LogP contribution in [0.3, 0.4) is 0 Å². The number of furan rings is 1. The molecule has 2 atom stereocenters. The number of piperidine rings is 1. The van der Waals surface area contributed by atoms with Crippen molar-refractivity contribution in [3.63, 3.8) is 0 Å². The van der Waals surface area contributed by atoms with E-state index in [-0.39, 0.29) is 23.8 Å². The lowest BCUT2D eigenvalue weighted by molar-refractivity contribution is -0.127. The maximum Gasteiger partial charge on any atom is 0.289 e. The molecule has 0 radical (unpaired) electrons. The van der Waals surface area contributed by atoms with Crippen molar-refractivity contribution in [2.24, 2.45) is 5.92 Å². The summed E-state index contributed by atoms with van der Waals surface area (Å²) in [6, 6.07) is 3.30. The summed E-state index contributed by atoms with van der Waals surface area (Å²) in [6.45, 7) is 3.48. The van der Waals surface area contributed by atoms with Crippen LogP contribution in [0.25, 0.3) is 0 Å². The van der Waals surface area contributed by atoms with Gasteiger partial charge in [0.2, 0.25) is 5.91 Å². The zero-order valence-electron chi connectivity index (χ0n) is 12.5. The van der Waals surface area contributed by atoms with Crippen LogP contribution in [0.4, 0.5) is 0 Å². The molecule has 0 aliphatic carbocycles. The number of hydrogen-bond donors (Lipinski definition) is 1. The summed E-state index contributed by atoms with van der Waals surface area (Å²) in [4.78, 5) is 26.1. The highest BCUT2D eigenvalue weighted by Gasteiger charge is 2.30. The highest BCUT2D eigenvalue weighted by atomic mass is 16.5. The Morgan fingerprint density at radius 3 is 3.05 bits per heavy atom. The Hall–Kier alpha value is -1.82. The molecule has 0 aromatic carbocycles. The average Bonchev–Trinajstić information content (AvgIpc) is 3.01. The Morgan fingerprint density at radius 1 is 1.57 bits per heavy atom. The van der Waals surface area contributed by atoms with Crippen molar-refractivity contribution in [1.82, 2.24) is 10.2 Å². The summed E-state index contributed by atoms with van der Waals surface area (Å²) in [6.07, 6.45) is 3.10. The Bertz CT molecular complexity index is 472. The first kappa shape index (κ1) is 15.6. The first-order chi connectivity index (χ1) is 10.1. The summed E-state index contributed by atoms with van der Waals surface area (Å²) in [5.74, 6) is -0.0142. The Kier molecular flexibility index (Phi) is 5.38. The Balaban J connectivity index is 1.91. The second-order valence-corrected chi connectivity index (χ2v) is 5.43. The molecule has 0 spiro atoms. The lowest BCUT2D eigenvalue weighted by atomic mass is 9.96. The number of hydrogen-bond acceptors (Lipinski definition) is 4. The molecule has 116 valence electrons. The quantitative estimate of drug-likeness (QED) is 0.888. The van der Waals surface area contributed by atoms with Crippen molar-refractivity contribution in [2.75, 3.05) is 26.8 Å². The van der Waals surface area contributed by atoms with E-state index in [1.165, 1.54) is 6.26 Å². The number of carbonyl (C=O) groups excluding carboxylic acids is 2. The fraction of sp³-hybridized carbons (Fsp3) is 0.600. The normalized spacial score (nSPS) is 20.1. The molecular formula is C15H22N2O4. The van der Waals surface area contributed by atoms with Crippen LogP contribution in [0.15, 0.2) is 22.8 Å². The zero-order valence-corrected chi connectivity index (χ0v) is 12.5. The predicted octanol–water partition coefficient (Wildman–Crippen LogP) is 1.28. The van der Waals surface area contributed by atoms with Crippen LogP contribution in [0.5, 0.6) is 0 Å². The number of amides is 2. The molecule has 21 heavy (non-hydrogen) atoms. The van der Waals surface area contributed by atoms with E-state index < -0.39 is 0 Å². The van der Waals surface area contributed by atoms with E-state index in [2.05, 4.69) is 5.32 Å². The molecule has 2 rings (SSSR count). The van der Waals surface area contributed by atoms with Gasteiger partial charge in [0.15, 0.2) is 5.76 Å². The third-order valence-corrected chi connectivity index (χ3v) is 3.62. The van der Waals surface area contributed by atoms with Gasteiger partial charge in [-0.15, -0.1) is 0 Å². The van der Waals surface area contributed by atoms with Crippen molar-refractivity contribution in [2.45, 2.75) is 25.8 Å². The van der Waals surface area contributed by atoms with E-state index in [1.807, 2.05) is 6.92 Å². The fourth-order valence-corrected chi connectivity index (χ4v) is 2.58. The lowest BCUT2D eigenvalue weighted by Gasteiger charge is -2.32. The van der Waals surface area contributed by atoms with Crippen LogP contribution in [-0.4, -0.2) is 49.6 Å². The van der Waals surface area contributed by atoms with Crippen LogP contribution in [-0.2, 0) is 9.53 Å². The minimum Gasteiger partial charge on any atom is -0.459 e. The molecule has 1 aliphatic heterocycles. The molecule has 2 unspecified atom stereocenters. The molecular weight excluding hydrogens is 272 g/mol. The maximum absolute atomic E-state index is 12.2. The number of methoxy groups -OCH3 is 1. The van der Waals surface area contributed by atoms with Crippen molar-refractivity contribution in [3.05, 3.63) is 24.2 Å². The third kappa shape index (κ3) is 4.07. The third-order valence-electron chi connectivity index (χ3n) is 3.62. The van der Waals surface area contributed by atoms with E-state index >= 15 is 0 Å². The summed E-state index contributed by atoms with van der Waals surface area (Å²) in [5, 5.41) is 2.92. The van der Waals surface area contributed by atoms with Crippen LogP contribution < -0.4 is 5.32 Å². The van der Waals surface area contributed by atoms with E-state index in [0.717, 1.165) is 12.8 Å². The Labute approximate surface area is 124 Å². The minimum absolute atomic E-state index is 0.0171. The minimum atomic E-state index is -0.169. The van der Waals surface area contributed by atoms with Gasteiger partial charge in [0.1, 0.15) is 0 Å². The van der Waals surface area contributed by atoms with Crippen LogP contribution in [0, 0.1) is 5.92 Å². The maximum atomic E-state index is 12.2. The van der Waals surface area contributed by atoms with Gasteiger partial charge in [0, 0.05) is 26.2 Å². The van der Waals surface area contributed by atoms with E-state index in [1.54, 1.807) is 24.1 Å². The SMILES string of the molecule is COCC(C)NC(=O)C1CCCN(C(=O)c2ccco2)C1. The number of carbonyl (C=O) groups is 2. The lowest BCUT2D eigenvalue weighted by Crippen LogP contribution is -2.47. The molecule has 1 aromatic rings. The average molecular weight is 294 g/mol. The molecule has 2 amide bonds. The van der Waals surface area contributed by atoms with Gasteiger partial charge in [-0.3, -0.25) is 9.59 Å². The van der Waals surface area contributed by atoms with Crippen LogP contribution in [0.1, 0.15) is 30.3 Å². The Morgan fingerprint density at radius 2 is 2.38 bits per heavy atom.